The van der Waals surface area contributed by atoms with Gasteiger partial charge in [-0.15, -0.1) is 11.8 Å². The van der Waals surface area contributed by atoms with Crippen molar-refractivity contribution in [3.05, 3.63) is 95.0 Å². The number of carbonyl (C=O) groups is 1. The lowest BCUT2D eigenvalue weighted by Crippen LogP contribution is -2.37. The molecule has 0 bridgehead atoms. The fourth-order valence-corrected chi connectivity index (χ4v) is 5.30. The van der Waals surface area contributed by atoms with Crippen molar-refractivity contribution in [3.63, 3.8) is 0 Å². The summed E-state index contributed by atoms with van der Waals surface area (Å²) in [5.74, 6) is 0.951. The second kappa shape index (κ2) is 7.92. The maximum Gasteiger partial charge on any atom is 0.254 e. The highest BCUT2D eigenvalue weighted by atomic mass is 32.2. The SMILES string of the molecule is Nc1ccccc1N1CSC2=C1CCN(C(=O)c1ccc(-c3ccccc3)cc1)C2. The van der Waals surface area contributed by atoms with Crippen molar-refractivity contribution in [2.45, 2.75) is 6.42 Å². The standard InChI is InChI=1S/C25H23N3OS/c26-21-8-4-5-9-22(21)28-17-30-24-16-27(15-14-23(24)28)25(29)20-12-10-19(11-13-20)18-6-2-1-3-7-18/h1-13H,14-17,26H2. The van der Waals surface area contributed by atoms with Gasteiger partial charge in [-0.05, 0) is 35.4 Å². The molecule has 0 aliphatic carbocycles. The molecule has 1 amide bonds. The molecule has 4 nitrogen and oxygen atoms in total. The first-order valence-corrected chi connectivity index (χ1v) is 11.1. The number of benzene rings is 3. The molecule has 3 aromatic rings. The Labute approximate surface area is 181 Å². The summed E-state index contributed by atoms with van der Waals surface area (Å²) < 4.78 is 0. The monoisotopic (exact) mass is 413 g/mol. The van der Waals surface area contributed by atoms with Crippen LogP contribution < -0.4 is 10.6 Å². The highest BCUT2D eigenvalue weighted by molar-refractivity contribution is 8.03. The Hall–Kier alpha value is -3.18. The van der Waals surface area contributed by atoms with Crippen LogP contribution in [-0.2, 0) is 0 Å². The van der Waals surface area contributed by atoms with Crippen LogP contribution in [0.1, 0.15) is 16.8 Å². The minimum absolute atomic E-state index is 0.0967. The first kappa shape index (κ1) is 18.8. The summed E-state index contributed by atoms with van der Waals surface area (Å²) in [5, 5.41) is 0. The third-order valence-corrected chi connectivity index (χ3v) is 6.82. The molecular weight excluding hydrogens is 390 g/mol. The number of anilines is 2. The average Bonchev–Trinajstić information content (AvgIpc) is 3.23. The van der Waals surface area contributed by atoms with Crippen molar-refractivity contribution in [1.29, 1.82) is 0 Å². The molecule has 0 saturated heterocycles. The maximum absolute atomic E-state index is 13.1. The van der Waals surface area contributed by atoms with Crippen LogP contribution >= 0.6 is 11.8 Å². The van der Waals surface area contributed by atoms with Gasteiger partial charge in [0.2, 0.25) is 0 Å². The number of thioether (sulfide) groups is 1. The second-order valence-electron chi connectivity index (χ2n) is 7.55. The average molecular weight is 414 g/mol. The minimum atomic E-state index is 0.0967. The van der Waals surface area contributed by atoms with Crippen LogP contribution in [0.3, 0.4) is 0 Å². The predicted octanol–water partition coefficient (Wildman–Crippen LogP) is 5.20. The number of amides is 1. The molecule has 2 aliphatic heterocycles. The number of para-hydroxylation sites is 2. The van der Waals surface area contributed by atoms with Gasteiger partial charge in [-0.3, -0.25) is 4.79 Å². The minimum Gasteiger partial charge on any atom is -0.397 e. The van der Waals surface area contributed by atoms with Crippen molar-refractivity contribution in [2.24, 2.45) is 0 Å². The number of nitrogens with zero attached hydrogens (tertiary/aromatic N) is 2. The lowest BCUT2D eigenvalue weighted by Gasteiger charge is -2.31. The molecule has 0 fully saturated rings. The van der Waals surface area contributed by atoms with Crippen LogP contribution in [0.15, 0.2) is 89.5 Å². The molecule has 30 heavy (non-hydrogen) atoms. The Bertz CT molecular complexity index is 1110. The normalized spacial score (nSPS) is 16.0. The third-order valence-electron chi connectivity index (χ3n) is 5.72. The van der Waals surface area contributed by atoms with Crippen LogP contribution in [0.5, 0.6) is 0 Å². The van der Waals surface area contributed by atoms with Gasteiger partial charge in [0.1, 0.15) is 0 Å². The molecule has 3 aromatic carbocycles. The molecule has 0 unspecified atom stereocenters. The highest BCUT2D eigenvalue weighted by Crippen LogP contribution is 2.41. The zero-order chi connectivity index (χ0) is 20.5. The Balaban J connectivity index is 1.32. The lowest BCUT2D eigenvalue weighted by molar-refractivity contribution is 0.0767. The molecular formula is C25H23N3OS. The van der Waals surface area contributed by atoms with Gasteiger partial charge in [-0.1, -0.05) is 54.6 Å². The van der Waals surface area contributed by atoms with Crippen LogP contribution in [0, 0.1) is 0 Å². The molecule has 0 atom stereocenters. The molecule has 5 heteroatoms. The predicted molar refractivity (Wildman–Crippen MR) is 125 cm³/mol. The summed E-state index contributed by atoms with van der Waals surface area (Å²) in [7, 11) is 0. The quantitative estimate of drug-likeness (QED) is 0.599. The van der Waals surface area contributed by atoms with E-state index < -0.39 is 0 Å². The van der Waals surface area contributed by atoms with E-state index in [1.807, 2.05) is 77.3 Å². The molecule has 0 aromatic heterocycles. The van der Waals surface area contributed by atoms with Gasteiger partial charge in [0, 0.05) is 29.1 Å². The Morgan fingerprint density at radius 3 is 2.33 bits per heavy atom. The van der Waals surface area contributed by atoms with Gasteiger partial charge >= 0.3 is 0 Å². The van der Waals surface area contributed by atoms with Crippen molar-refractivity contribution in [3.8, 4) is 11.1 Å². The number of hydrogen-bond donors (Lipinski definition) is 1. The smallest absolute Gasteiger partial charge is 0.254 e. The maximum atomic E-state index is 13.1. The largest absolute Gasteiger partial charge is 0.397 e. The molecule has 0 radical (unpaired) electrons. The fraction of sp³-hybridized carbons (Fsp3) is 0.160. The molecule has 2 heterocycles. The molecule has 2 aliphatic rings. The summed E-state index contributed by atoms with van der Waals surface area (Å²) in [5.41, 5.74) is 12.4. The fourth-order valence-electron chi connectivity index (χ4n) is 4.10. The van der Waals surface area contributed by atoms with Crippen molar-refractivity contribution in [1.82, 2.24) is 4.90 Å². The van der Waals surface area contributed by atoms with E-state index in [0.29, 0.717) is 6.54 Å². The van der Waals surface area contributed by atoms with E-state index in [1.165, 1.54) is 10.6 Å². The van der Waals surface area contributed by atoms with Gasteiger partial charge in [0.15, 0.2) is 0 Å². The molecule has 2 N–H and O–H groups in total. The van der Waals surface area contributed by atoms with Crippen LogP contribution in [0.2, 0.25) is 0 Å². The summed E-state index contributed by atoms with van der Waals surface area (Å²) >= 11 is 1.81. The van der Waals surface area contributed by atoms with E-state index in [9.17, 15) is 4.79 Å². The van der Waals surface area contributed by atoms with Gasteiger partial charge < -0.3 is 15.5 Å². The summed E-state index contributed by atoms with van der Waals surface area (Å²) in [6.07, 6.45) is 0.852. The van der Waals surface area contributed by atoms with E-state index in [1.54, 1.807) is 0 Å². The van der Waals surface area contributed by atoms with Gasteiger partial charge in [0.05, 0.1) is 23.8 Å². The number of nitrogen functional groups attached to an aromatic ring is 1. The topological polar surface area (TPSA) is 49.6 Å². The summed E-state index contributed by atoms with van der Waals surface area (Å²) in [6, 6.07) is 26.1. The molecule has 0 saturated carbocycles. The van der Waals surface area contributed by atoms with Crippen LogP contribution in [0.25, 0.3) is 11.1 Å². The zero-order valence-electron chi connectivity index (χ0n) is 16.6. The Morgan fingerprint density at radius 2 is 1.57 bits per heavy atom. The number of rotatable bonds is 3. The molecule has 5 rings (SSSR count). The van der Waals surface area contributed by atoms with E-state index in [2.05, 4.69) is 23.1 Å². The first-order valence-electron chi connectivity index (χ1n) is 10.1. The van der Waals surface area contributed by atoms with Crippen molar-refractivity contribution < 1.29 is 4.79 Å². The summed E-state index contributed by atoms with van der Waals surface area (Å²) in [4.78, 5) is 18.6. The zero-order valence-corrected chi connectivity index (χ0v) is 17.4. The van der Waals surface area contributed by atoms with E-state index >= 15 is 0 Å². The Morgan fingerprint density at radius 1 is 0.867 bits per heavy atom. The molecule has 150 valence electrons. The lowest BCUT2D eigenvalue weighted by atomic mass is 10.0. The second-order valence-corrected chi connectivity index (χ2v) is 8.59. The van der Waals surface area contributed by atoms with Gasteiger partial charge in [0.25, 0.3) is 5.91 Å². The van der Waals surface area contributed by atoms with Crippen molar-refractivity contribution in [2.75, 3.05) is 29.6 Å². The molecule has 0 spiro atoms. The third kappa shape index (κ3) is 3.46. The number of carbonyl (C=O) groups excluding carboxylic acids is 1. The first-order chi connectivity index (χ1) is 14.7. The highest BCUT2D eigenvalue weighted by Gasteiger charge is 2.32. The number of hydrogen-bond acceptors (Lipinski definition) is 4. The van der Waals surface area contributed by atoms with Crippen LogP contribution in [-0.4, -0.2) is 29.8 Å². The Kier molecular flexibility index (Phi) is 4.97. The van der Waals surface area contributed by atoms with E-state index in [0.717, 1.165) is 46.9 Å². The van der Waals surface area contributed by atoms with E-state index in [-0.39, 0.29) is 5.91 Å². The van der Waals surface area contributed by atoms with Crippen molar-refractivity contribution >= 4 is 29.0 Å². The van der Waals surface area contributed by atoms with Gasteiger partial charge in [-0.2, -0.15) is 0 Å². The van der Waals surface area contributed by atoms with Gasteiger partial charge in [-0.25, -0.2) is 0 Å². The summed E-state index contributed by atoms with van der Waals surface area (Å²) in [6.45, 7) is 1.39. The number of nitrogens with two attached hydrogens (primary N) is 1. The van der Waals surface area contributed by atoms with E-state index in [4.69, 9.17) is 5.73 Å². The van der Waals surface area contributed by atoms with Crippen LogP contribution in [0.4, 0.5) is 11.4 Å².